The van der Waals surface area contributed by atoms with E-state index in [9.17, 15) is 8.76 Å². The minimum absolute atomic E-state index is 0. The largest absolute Gasteiger partial charge is 1.00 e. The first-order valence-electron chi connectivity index (χ1n) is 1.20. The van der Waals surface area contributed by atoms with E-state index in [1.165, 1.54) is 5.48 Å². The zero-order valence-electron chi connectivity index (χ0n) is 3.88. The van der Waals surface area contributed by atoms with Gasteiger partial charge in [-0.05, 0) is 11.1 Å². The van der Waals surface area contributed by atoms with E-state index in [0.29, 0.717) is 0 Å². The van der Waals surface area contributed by atoms with Gasteiger partial charge in [0.25, 0.3) is 0 Å². The quantitative estimate of drug-likeness (QED) is 0.227. The summed E-state index contributed by atoms with van der Waals surface area (Å²) in [5.74, 6) is -0.403. The summed E-state index contributed by atoms with van der Waals surface area (Å²) in [5, 5.41) is 7.59. The fourth-order valence-corrected chi connectivity index (χ4v) is 0.158. The molecule has 4 nitrogen and oxygen atoms in total. The van der Waals surface area contributed by atoms with Crippen molar-refractivity contribution >= 4 is 11.1 Å². The molecule has 7 heavy (non-hydrogen) atoms. The predicted molar refractivity (Wildman–Crippen MR) is 18.7 cm³/mol. The van der Waals surface area contributed by atoms with E-state index >= 15 is 0 Å². The molecule has 1 atom stereocenters. The van der Waals surface area contributed by atoms with Crippen LogP contribution in [0.4, 0.5) is 0 Å². The van der Waals surface area contributed by atoms with E-state index in [4.69, 9.17) is 5.21 Å². The molecule has 0 fully saturated rings. The van der Waals surface area contributed by atoms with Gasteiger partial charge in [-0.15, -0.1) is 0 Å². The third-order valence-electron chi connectivity index (χ3n) is 0.182. The number of rotatable bonds is 2. The maximum absolute atomic E-state index is 9.38. The molecule has 0 aromatic carbocycles. The van der Waals surface area contributed by atoms with Gasteiger partial charge in [-0.3, -0.25) is 4.21 Å². The first-order valence-corrected chi connectivity index (χ1v) is 2.44. The van der Waals surface area contributed by atoms with E-state index in [0.717, 1.165) is 0 Å². The minimum Gasteiger partial charge on any atom is -0.771 e. The standard InChI is InChI=1S/CH5NO3S.Na/c3-2-1-6(4)5;/h2-3H,1H2,(H,4,5);/q;+1/p-1. The Hall–Kier alpha value is 1.03. The fourth-order valence-electron chi connectivity index (χ4n) is 0.0527. The van der Waals surface area contributed by atoms with Crippen LogP contribution in [0.15, 0.2) is 0 Å². The number of hydrogen-bond donors (Lipinski definition) is 2. The van der Waals surface area contributed by atoms with Crippen molar-refractivity contribution in [1.82, 2.24) is 5.48 Å². The van der Waals surface area contributed by atoms with E-state index in [-0.39, 0.29) is 29.6 Å². The van der Waals surface area contributed by atoms with Gasteiger partial charge in [0.05, 0.1) is 5.88 Å². The van der Waals surface area contributed by atoms with Gasteiger partial charge < -0.3 is 9.76 Å². The molecule has 38 valence electrons. The number of hydroxylamine groups is 1. The van der Waals surface area contributed by atoms with Gasteiger partial charge in [-0.25, -0.2) is 0 Å². The van der Waals surface area contributed by atoms with Crippen LogP contribution in [0.1, 0.15) is 0 Å². The molecule has 0 aliphatic heterocycles. The summed E-state index contributed by atoms with van der Waals surface area (Å²) >= 11 is -2.18. The average Bonchev–Trinajstić information content (AvgIpc) is 1.35. The van der Waals surface area contributed by atoms with Crippen molar-refractivity contribution in [1.29, 1.82) is 0 Å². The van der Waals surface area contributed by atoms with Crippen LogP contribution in [0.5, 0.6) is 0 Å². The molecule has 0 saturated carbocycles. The maximum Gasteiger partial charge on any atom is 1.00 e. The smallest absolute Gasteiger partial charge is 0.771 e. The number of nitrogens with one attached hydrogen (secondary N) is 1. The summed E-state index contributed by atoms with van der Waals surface area (Å²) in [5.41, 5.74) is 1.45. The van der Waals surface area contributed by atoms with Crippen molar-refractivity contribution < 1.29 is 43.5 Å². The average molecular weight is 133 g/mol. The van der Waals surface area contributed by atoms with Crippen molar-refractivity contribution in [3.8, 4) is 0 Å². The molecule has 0 rings (SSSR count). The zero-order chi connectivity index (χ0) is 4.99. The van der Waals surface area contributed by atoms with Gasteiger partial charge in [0.1, 0.15) is 0 Å². The molecule has 0 amide bonds. The van der Waals surface area contributed by atoms with Gasteiger partial charge in [-0.2, -0.15) is 5.48 Å². The van der Waals surface area contributed by atoms with E-state index in [1.54, 1.807) is 0 Å². The minimum atomic E-state index is -2.18. The molecule has 0 aromatic heterocycles. The van der Waals surface area contributed by atoms with Crippen LogP contribution in [0.2, 0.25) is 0 Å². The Morgan fingerprint density at radius 2 is 2.29 bits per heavy atom. The van der Waals surface area contributed by atoms with Crippen LogP contribution in [-0.2, 0) is 11.1 Å². The molecular formula is CH4NNaO3S. The fraction of sp³-hybridized carbons (Fsp3) is 1.00. The molecule has 1 unspecified atom stereocenters. The molecule has 0 spiro atoms. The third kappa shape index (κ3) is 11.0. The summed E-state index contributed by atoms with van der Waals surface area (Å²) in [4.78, 5) is 0. The summed E-state index contributed by atoms with van der Waals surface area (Å²) in [6.45, 7) is 0. The molecule has 0 radical (unpaired) electrons. The first-order chi connectivity index (χ1) is 2.77. The summed E-state index contributed by atoms with van der Waals surface area (Å²) < 4.78 is 18.8. The molecule has 0 heterocycles. The van der Waals surface area contributed by atoms with Crippen LogP contribution in [0.25, 0.3) is 0 Å². The molecule has 0 aliphatic carbocycles. The molecule has 0 saturated heterocycles. The van der Waals surface area contributed by atoms with Crippen molar-refractivity contribution in [3.63, 3.8) is 0 Å². The summed E-state index contributed by atoms with van der Waals surface area (Å²) in [6.07, 6.45) is 0. The number of hydrogen-bond acceptors (Lipinski definition) is 4. The summed E-state index contributed by atoms with van der Waals surface area (Å²) in [6, 6.07) is 0. The van der Waals surface area contributed by atoms with Crippen LogP contribution in [-0.4, -0.2) is 19.8 Å². The third-order valence-corrected chi connectivity index (χ3v) is 0.547. The Labute approximate surface area is 65.8 Å². The van der Waals surface area contributed by atoms with Gasteiger partial charge in [0.15, 0.2) is 0 Å². The molecule has 6 heteroatoms. The Morgan fingerprint density at radius 3 is 2.29 bits per heavy atom. The van der Waals surface area contributed by atoms with Gasteiger partial charge >= 0.3 is 29.6 Å². The van der Waals surface area contributed by atoms with Crippen molar-refractivity contribution in [2.45, 2.75) is 0 Å². The first kappa shape index (κ1) is 10.9. The van der Waals surface area contributed by atoms with Crippen LogP contribution in [0, 0.1) is 0 Å². The van der Waals surface area contributed by atoms with Crippen molar-refractivity contribution in [2.24, 2.45) is 0 Å². The monoisotopic (exact) mass is 133 g/mol. The predicted octanol–water partition coefficient (Wildman–Crippen LogP) is -4.19. The molecule has 0 aliphatic rings. The van der Waals surface area contributed by atoms with E-state index in [2.05, 4.69) is 0 Å². The van der Waals surface area contributed by atoms with Gasteiger partial charge in [0, 0.05) is 0 Å². The maximum atomic E-state index is 9.38. The van der Waals surface area contributed by atoms with Crippen molar-refractivity contribution in [2.75, 3.05) is 5.88 Å². The van der Waals surface area contributed by atoms with Crippen LogP contribution < -0.4 is 35.0 Å². The molecule has 0 bridgehead atoms. The van der Waals surface area contributed by atoms with Crippen LogP contribution in [0.3, 0.4) is 0 Å². The molecular weight excluding hydrogens is 129 g/mol. The molecule has 2 N–H and O–H groups in total. The normalized spacial score (nSPS) is 12.3. The van der Waals surface area contributed by atoms with Crippen LogP contribution >= 0.6 is 0 Å². The Balaban J connectivity index is 0. The zero-order valence-corrected chi connectivity index (χ0v) is 6.70. The topological polar surface area (TPSA) is 72.4 Å². The van der Waals surface area contributed by atoms with Gasteiger partial charge in [-0.1, -0.05) is 0 Å². The Kier molecular flexibility index (Phi) is 11.0. The molecule has 0 aromatic rings. The summed E-state index contributed by atoms with van der Waals surface area (Å²) in [7, 11) is 0. The second-order valence-corrected chi connectivity index (χ2v) is 1.50. The second-order valence-electron chi connectivity index (χ2n) is 0.606. The second kappa shape index (κ2) is 7.03. The Bertz CT molecular complexity index is 58.9. The SMILES string of the molecule is O=S([O-])CNO.[Na+]. The van der Waals surface area contributed by atoms with E-state index < -0.39 is 17.0 Å². The Morgan fingerprint density at radius 1 is 1.86 bits per heavy atom. The van der Waals surface area contributed by atoms with E-state index in [1.807, 2.05) is 0 Å². The van der Waals surface area contributed by atoms with Crippen molar-refractivity contribution in [3.05, 3.63) is 0 Å². The van der Waals surface area contributed by atoms with Gasteiger partial charge in [0.2, 0.25) is 0 Å².